The van der Waals surface area contributed by atoms with Crippen molar-refractivity contribution < 1.29 is 0 Å². The van der Waals surface area contributed by atoms with Gasteiger partial charge < -0.3 is 0 Å². The Morgan fingerprint density at radius 3 is 2.15 bits per heavy atom. The van der Waals surface area contributed by atoms with Gasteiger partial charge in [-0.15, -0.1) is 0 Å². The van der Waals surface area contributed by atoms with Crippen molar-refractivity contribution in [1.82, 2.24) is 10.3 Å². The maximum absolute atomic E-state index is 6.09. The Hall–Kier alpha value is -0.120. The smallest absolute Gasteiger partial charge is 0.0422 e. The molecule has 1 atom stereocenters. The van der Waals surface area contributed by atoms with Crippen molar-refractivity contribution in [3.05, 3.63) is 0 Å². The van der Waals surface area contributed by atoms with Crippen molar-refractivity contribution >= 4 is 0 Å². The number of likely N-dealkylation sites (tertiary alicyclic amines) is 1. The van der Waals surface area contributed by atoms with Gasteiger partial charge in [-0.2, -0.15) is 0 Å². The molecule has 1 unspecified atom stereocenters. The lowest BCUT2D eigenvalue weighted by Gasteiger charge is -2.49. The molecule has 3 aliphatic rings. The molecule has 0 radical (unpaired) electrons. The summed E-state index contributed by atoms with van der Waals surface area (Å²) in [4.78, 5) is 2.81. The topological polar surface area (TPSA) is 41.3 Å². The third kappa shape index (κ3) is 2.65. The Labute approximate surface area is 124 Å². The standard InChI is InChI=1S/C17H33N3/c1-14-6-8-15(9-7-14)16(19-18)17(10-2-3-11-17)20-12-4-5-13-20/h14-16,19H,2-13,18H2,1H3. The Bertz CT molecular complexity index is 297. The van der Waals surface area contributed by atoms with E-state index in [0.29, 0.717) is 11.6 Å². The molecule has 3 rings (SSSR count). The number of nitrogens with one attached hydrogen (secondary N) is 1. The van der Waals surface area contributed by atoms with Crippen molar-refractivity contribution in [2.75, 3.05) is 13.1 Å². The van der Waals surface area contributed by atoms with E-state index in [9.17, 15) is 0 Å². The maximum Gasteiger partial charge on any atom is 0.0422 e. The second kappa shape index (κ2) is 6.33. The van der Waals surface area contributed by atoms with E-state index >= 15 is 0 Å². The van der Waals surface area contributed by atoms with Gasteiger partial charge in [0.15, 0.2) is 0 Å². The molecule has 20 heavy (non-hydrogen) atoms. The maximum atomic E-state index is 6.09. The second-order valence-corrected chi connectivity index (χ2v) is 7.67. The summed E-state index contributed by atoms with van der Waals surface area (Å²) >= 11 is 0. The molecule has 3 fully saturated rings. The van der Waals surface area contributed by atoms with Gasteiger partial charge in [0.1, 0.15) is 0 Å². The quantitative estimate of drug-likeness (QED) is 0.614. The Balaban J connectivity index is 1.77. The molecule has 3 nitrogen and oxygen atoms in total. The molecular formula is C17H33N3. The molecule has 0 bridgehead atoms. The molecule has 3 heteroatoms. The van der Waals surface area contributed by atoms with Crippen LogP contribution in [0.25, 0.3) is 0 Å². The van der Waals surface area contributed by atoms with E-state index in [1.165, 1.54) is 77.3 Å². The Morgan fingerprint density at radius 2 is 1.60 bits per heavy atom. The average Bonchev–Trinajstić information content (AvgIpc) is 3.12. The molecule has 3 N–H and O–H groups in total. The van der Waals surface area contributed by atoms with Crippen molar-refractivity contribution in [3.63, 3.8) is 0 Å². The van der Waals surface area contributed by atoms with Gasteiger partial charge in [-0.25, -0.2) is 0 Å². The molecule has 1 saturated heterocycles. The largest absolute Gasteiger partial charge is 0.296 e. The predicted molar refractivity (Wildman–Crippen MR) is 84.2 cm³/mol. The first-order chi connectivity index (χ1) is 9.76. The van der Waals surface area contributed by atoms with Gasteiger partial charge in [0, 0.05) is 11.6 Å². The number of rotatable bonds is 4. The SMILES string of the molecule is CC1CCC(C(NN)C2(N3CCCC3)CCCC2)CC1. The highest BCUT2D eigenvalue weighted by Gasteiger charge is 2.49. The lowest BCUT2D eigenvalue weighted by atomic mass is 9.71. The summed E-state index contributed by atoms with van der Waals surface area (Å²) in [7, 11) is 0. The highest BCUT2D eigenvalue weighted by atomic mass is 15.3. The molecule has 2 aliphatic carbocycles. The fourth-order valence-corrected chi connectivity index (χ4v) is 5.32. The highest BCUT2D eigenvalue weighted by molar-refractivity contribution is 5.06. The number of nitrogens with two attached hydrogens (primary N) is 1. The van der Waals surface area contributed by atoms with E-state index in [1.54, 1.807) is 0 Å². The van der Waals surface area contributed by atoms with Crippen LogP contribution in [-0.2, 0) is 0 Å². The van der Waals surface area contributed by atoms with Crippen LogP contribution in [-0.4, -0.2) is 29.6 Å². The van der Waals surface area contributed by atoms with Gasteiger partial charge >= 0.3 is 0 Å². The van der Waals surface area contributed by atoms with Crippen molar-refractivity contribution in [3.8, 4) is 0 Å². The van der Waals surface area contributed by atoms with Gasteiger partial charge in [-0.1, -0.05) is 32.6 Å². The lowest BCUT2D eigenvalue weighted by molar-refractivity contribution is 0.0369. The zero-order valence-electron chi connectivity index (χ0n) is 13.2. The lowest BCUT2D eigenvalue weighted by Crippen LogP contribution is -2.63. The molecule has 0 aromatic rings. The third-order valence-corrected chi connectivity index (χ3v) is 6.50. The first kappa shape index (κ1) is 14.8. The van der Waals surface area contributed by atoms with Crippen molar-refractivity contribution in [2.45, 2.75) is 82.7 Å². The van der Waals surface area contributed by atoms with E-state index in [0.717, 1.165) is 11.8 Å². The van der Waals surface area contributed by atoms with Crippen LogP contribution in [0.15, 0.2) is 0 Å². The number of hydrogen-bond acceptors (Lipinski definition) is 3. The summed E-state index contributed by atoms with van der Waals surface area (Å²) in [6.45, 7) is 5.02. The number of nitrogens with zero attached hydrogens (tertiary/aromatic N) is 1. The third-order valence-electron chi connectivity index (χ3n) is 6.50. The van der Waals surface area contributed by atoms with Crippen LogP contribution in [0.5, 0.6) is 0 Å². The normalized spacial score (nSPS) is 36.3. The Morgan fingerprint density at radius 1 is 1.00 bits per heavy atom. The zero-order chi connectivity index (χ0) is 14.0. The predicted octanol–water partition coefficient (Wildman–Crippen LogP) is 3.05. The molecule has 0 spiro atoms. The summed E-state index contributed by atoms with van der Waals surface area (Å²) in [5.74, 6) is 7.82. The van der Waals surface area contributed by atoms with E-state index in [-0.39, 0.29) is 0 Å². The molecule has 0 aromatic carbocycles. The Kier molecular flexibility index (Phi) is 4.68. The van der Waals surface area contributed by atoms with Gasteiger partial charge in [-0.3, -0.25) is 16.2 Å². The van der Waals surface area contributed by atoms with Crippen molar-refractivity contribution in [1.29, 1.82) is 0 Å². The van der Waals surface area contributed by atoms with Gasteiger partial charge in [0.25, 0.3) is 0 Å². The van der Waals surface area contributed by atoms with Gasteiger partial charge in [-0.05, 0) is 63.5 Å². The van der Waals surface area contributed by atoms with Crippen LogP contribution in [0.1, 0.15) is 71.1 Å². The molecule has 0 aromatic heterocycles. The summed E-state index contributed by atoms with van der Waals surface area (Å²) < 4.78 is 0. The fraction of sp³-hybridized carbons (Fsp3) is 1.00. The highest BCUT2D eigenvalue weighted by Crippen LogP contribution is 2.45. The van der Waals surface area contributed by atoms with E-state index in [4.69, 9.17) is 5.84 Å². The van der Waals surface area contributed by atoms with Crippen molar-refractivity contribution in [2.24, 2.45) is 17.7 Å². The molecular weight excluding hydrogens is 246 g/mol. The van der Waals surface area contributed by atoms with Crippen LogP contribution in [0.2, 0.25) is 0 Å². The van der Waals surface area contributed by atoms with Crippen LogP contribution in [0.3, 0.4) is 0 Å². The zero-order valence-corrected chi connectivity index (χ0v) is 13.2. The minimum Gasteiger partial charge on any atom is -0.296 e. The molecule has 116 valence electrons. The summed E-state index contributed by atoms with van der Waals surface area (Å²) in [6, 6.07) is 0.524. The molecule has 2 saturated carbocycles. The van der Waals surface area contributed by atoms with Crippen LogP contribution in [0.4, 0.5) is 0 Å². The van der Waals surface area contributed by atoms with Crippen LogP contribution < -0.4 is 11.3 Å². The average molecular weight is 279 g/mol. The minimum absolute atomic E-state index is 0.385. The first-order valence-corrected chi connectivity index (χ1v) is 8.97. The van der Waals surface area contributed by atoms with Crippen LogP contribution in [0, 0.1) is 11.8 Å². The van der Waals surface area contributed by atoms with Gasteiger partial charge in [0.05, 0.1) is 0 Å². The van der Waals surface area contributed by atoms with E-state index in [1.807, 2.05) is 0 Å². The number of hydrazine groups is 1. The molecule has 1 heterocycles. The van der Waals surface area contributed by atoms with Gasteiger partial charge in [0.2, 0.25) is 0 Å². The van der Waals surface area contributed by atoms with E-state index < -0.39 is 0 Å². The van der Waals surface area contributed by atoms with E-state index in [2.05, 4.69) is 17.2 Å². The number of hydrogen-bond donors (Lipinski definition) is 2. The first-order valence-electron chi connectivity index (χ1n) is 8.97. The van der Waals surface area contributed by atoms with Crippen LogP contribution >= 0.6 is 0 Å². The summed E-state index contributed by atoms with van der Waals surface area (Å²) in [6.07, 6.45) is 13.9. The minimum atomic E-state index is 0.385. The molecule has 1 aliphatic heterocycles. The fourth-order valence-electron chi connectivity index (χ4n) is 5.32. The second-order valence-electron chi connectivity index (χ2n) is 7.67. The summed E-state index contributed by atoms with van der Waals surface area (Å²) in [5.41, 5.74) is 3.69. The summed E-state index contributed by atoms with van der Waals surface area (Å²) in [5, 5.41) is 0. The molecule has 0 amide bonds. The monoisotopic (exact) mass is 279 g/mol.